The fourth-order valence-corrected chi connectivity index (χ4v) is 2.14. The first-order valence-corrected chi connectivity index (χ1v) is 6.64. The molecule has 1 aromatic heterocycles. The van der Waals surface area contributed by atoms with Gasteiger partial charge in [0, 0.05) is 29.5 Å². The van der Waals surface area contributed by atoms with Gasteiger partial charge in [-0.15, -0.1) is 0 Å². The number of hydrogen-bond donors (Lipinski definition) is 0. The van der Waals surface area contributed by atoms with Crippen LogP contribution in [-0.4, -0.2) is 29.3 Å². The van der Waals surface area contributed by atoms with Crippen molar-refractivity contribution in [3.63, 3.8) is 0 Å². The monoisotopic (exact) mass is 319 g/mol. The van der Waals surface area contributed by atoms with E-state index < -0.39 is 0 Å². The Morgan fingerprint density at radius 3 is 2.53 bits per heavy atom. The summed E-state index contributed by atoms with van der Waals surface area (Å²) in [6.45, 7) is 1.86. The average Bonchev–Trinajstić information content (AvgIpc) is 2.38. The fraction of sp³-hybridized carbons (Fsp3) is 0.214. The van der Waals surface area contributed by atoms with E-state index in [0.29, 0.717) is 12.5 Å². The number of rotatable bonds is 4. The SMILES string of the molecule is CC(=O)CN(C)c1ncc(-c2cccc(Br)c2)cn1. The van der Waals surface area contributed by atoms with E-state index in [1.807, 2.05) is 24.3 Å². The first kappa shape index (κ1) is 13.7. The Balaban J connectivity index is 2.21. The highest BCUT2D eigenvalue weighted by Gasteiger charge is 2.07. The number of ketones is 1. The van der Waals surface area contributed by atoms with Gasteiger partial charge >= 0.3 is 0 Å². The highest BCUT2D eigenvalue weighted by atomic mass is 79.9. The first-order valence-electron chi connectivity index (χ1n) is 5.85. The van der Waals surface area contributed by atoms with Crippen molar-refractivity contribution in [1.29, 1.82) is 0 Å². The van der Waals surface area contributed by atoms with Crippen molar-refractivity contribution in [2.45, 2.75) is 6.92 Å². The summed E-state index contributed by atoms with van der Waals surface area (Å²) in [5.41, 5.74) is 2.00. The topological polar surface area (TPSA) is 46.1 Å². The maximum Gasteiger partial charge on any atom is 0.225 e. The molecule has 98 valence electrons. The van der Waals surface area contributed by atoms with E-state index in [1.165, 1.54) is 0 Å². The van der Waals surface area contributed by atoms with E-state index in [4.69, 9.17) is 0 Å². The van der Waals surface area contributed by atoms with Gasteiger partial charge in [0.2, 0.25) is 5.95 Å². The molecule has 4 nitrogen and oxygen atoms in total. The Morgan fingerprint density at radius 2 is 1.95 bits per heavy atom. The second kappa shape index (κ2) is 5.93. The Morgan fingerprint density at radius 1 is 1.26 bits per heavy atom. The lowest BCUT2D eigenvalue weighted by Crippen LogP contribution is -2.25. The van der Waals surface area contributed by atoms with Gasteiger partial charge in [-0.2, -0.15) is 0 Å². The molecular formula is C14H14BrN3O. The van der Waals surface area contributed by atoms with Crippen LogP contribution in [0, 0.1) is 0 Å². The van der Waals surface area contributed by atoms with Gasteiger partial charge in [-0.3, -0.25) is 4.79 Å². The molecule has 0 spiro atoms. The Hall–Kier alpha value is -1.75. The molecule has 2 rings (SSSR count). The predicted octanol–water partition coefficient (Wildman–Crippen LogP) is 2.93. The van der Waals surface area contributed by atoms with Crippen LogP contribution in [0.4, 0.5) is 5.95 Å². The van der Waals surface area contributed by atoms with Crippen molar-refractivity contribution in [3.05, 3.63) is 41.1 Å². The van der Waals surface area contributed by atoms with Crippen LogP contribution in [0.25, 0.3) is 11.1 Å². The minimum absolute atomic E-state index is 0.0853. The van der Waals surface area contributed by atoms with Crippen LogP contribution >= 0.6 is 15.9 Å². The third kappa shape index (κ3) is 3.61. The molecule has 19 heavy (non-hydrogen) atoms. The van der Waals surface area contributed by atoms with Gasteiger partial charge < -0.3 is 4.90 Å². The van der Waals surface area contributed by atoms with Crippen molar-refractivity contribution in [1.82, 2.24) is 9.97 Å². The maximum atomic E-state index is 11.1. The number of halogens is 1. The summed E-state index contributed by atoms with van der Waals surface area (Å²) in [6, 6.07) is 7.95. The molecule has 1 aromatic carbocycles. The number of benzene rings is 1. The van der Waals surface area contributed by atoms with Crippen LogP contribution in [0.5, 0.6) is 0 Å². The van der Waals surface area contributed by atoms with Gasteiger partial charge in [-0.05, 0) is 24.6 Å². The van der Waals surface area contributed by atoms with Gasteiger partial charge in [0.15, 0.2) is 0 Å². The minimum Gasteiger partial charge on any atom is -0.337 e. The lowest BCUT2D eigenvalue weighted by atomic mass is 10.1. The zero-order valence-corrected chi connectivity index (χ0v) is 12.4. The summed E-state index contributed by atoms with van der Waals surface area (Å²) >= 11 is 3.44. The van der Waals surface area contributed by atoms with Gasteiger partial charge in [-0.25, -0.2) is 9.97 Å². The average molecular weight is 320 g/mol. The lowest BCUT2D eigenvalue weighted by molar-refractivity contribution is -0.115. The summed E-state index contributed by atoms with van der Waals surface area (Å²) < 4.78 is 1.02. The van der Waals surface area contributed by atoms with Gasteiger partial charge in [0.05, 0.1) is 6.54 Å². The molecule has 0 radical (unpaired) electrons. The molecule has 0 atom stereocenters. The van der Waals surface area contributed by atoms with E-state index in [1.54, 1.807) is 31.3 Å². The van der Waals surface area contributed by atoms with E-state index in [-0.39, 0.29) is 5.78 Å². The molecule has 0 aliphatic rings. The number of hydrogen-bond acceptors (Lipinski definition) is 4. The normalized spacial score (nSPS) is 10.3. The predicted molar refractivity (Wildman–Crippen MR) is 79.1 cm³/mol. The molecule has 0 saturated carbocycles. The number of Topliss-reactive ketones (excluding diaryl/α,β-unsaturated/α-hetero) is 1. The summed E-state index contributed by atoms with van der Waals surface area (Å²) in [5, 5.41) is 0. The molecular weight excluding hydrogens is 306 g/mol. The summed E-state index contributed by atoms with van der Waals surface area (Å²) in [7, 11) is 1.80. The second-order valence-electron chi connectivity index (χ2n) is 4.34. The van der Waals surface area contributed by atoms with E-state index in [0.717, 1.165) is 15.6 Å². The van der Waals surface area contributed by atoms with Gasteiger partial charge in [0.1, 0.15) is 5.78 Å². The second-order valence-corrected chi connectivity index (χ2v) is 5.26. The molecule has 0 aliphatic heterocycles. The molecule has 0 bridgehead atoms. The quantitative estimate of drug-likeness (QED) is 0.869. The summed E-state index contributed by atoms with van der Waals surface area (Å²) in [4.78, 5) is 21.4. The van der Waals surface area contributed by atoms with Crippen molar-refractivity contribution in [2.75, 3.05) is 18.5 Å². The van der Waals surface area contributed by atoms with Gasteiger partial charge in [0.25, 0.3) is 0 Å². The molecule has 0 amide bonds. The van der Waals surface area contributed by atoms with Crippen LogP contribution in [-0.2, 0) is 4.79 Å². The van der Waals surface area contributed by atoms with Gasteiger partial charge in [-0.1, -0.05) is 28.1 Å². The maximum absolute atomic E-state index is 11.1. The smallest absolute Gasteiger partial charge is 0.225 e. The number of carbonyl (C=O) groups is 1. The van der Waals surface area contributed by atoms with Crippen LogP contribution in [0.2, 0.25) is 0 Å². The Kier molecular flexibility index (Phi) is 4.27. The number of nitrogens with zero attached hydrogens (tertiary/aromatic N) is 3. The van der Waals surface area contributed by atoms with E-state index in [2.05, 4.69) is 25.9 Å². The third-order valence-electron chi connectivity index (χ3n) is 2.60. The zero-order chi connectivity index (χ0) is 13.8. The van der Waals surface area contributed by atoms with Crippen LogP contribution < -0.4 is 4.90 Å². The third-order valence-corrected chi connectivity index (χ3v) is 3.09. The van der Waals surface area contributed by atoms with E-state index in [9.17, 15) is 4.79 Å². The highest BCUT2D eigenvalue weighted by molar-refractivity contribution is 9.10. The molecule has 0 fully saturated rings. The number of aromatic nitrogens is 2. The first-order chi connectivity index (χ1) is 9.06. The molecule has 0 N–H and O–H groups in total. The Bertz CT molecular complexity index is 583. The van der Waals surface area contributed by atoms with Crippen LogP contribution in [0.1, 0.15) is 6.92 Å². The van der Waals surface area contributed by atoms with Crippen LogP contribution in [0.15, 0.2) is 41.1 Å². The summed E-state index contributed by atoms with van der Waals surface area (Å²) in [5.74, 6) is 0.635. The highest BCUT2D eigenvalue weighted by Crippen LogP contribution is 2.22. The fourth-order valence-electron chi connectivity index (χ4n) is 1.74. The minimum atomic E-state index is 0.0853. The Labute approximate surface area is 120 Å². The number of anilines is 1. The molecule has 5 heteroatoms. The number of likely N-dealkylation sites (N-methyl/N-ethyl adjacent to an activating group) is 1. The lowest BCUT2D eigenvalue weighted by Gasteiger charge is -2.14. The summed E-state index contributed by atoms with van der Waals surface area (Å²) in [6.07, 6.45) is 3.53. The molecule has 0 aliphatic carbocycles. The molecule has 0 unspecified atom stereocenters. The van der Waals surface area contributed by atoms with Crippen molar-refractivity contribution >= 4 is 27.7 Å². The zero-order valence-electron chi connectivity index (χ0n) is 10.8. The van der Waals surface area contributed by atoms with Crippen molar-refractivity contribution in [2.24, 2.45) is 0 Å². The molecule has 0 saturated heterocycles. The van der Waals surface area contributed by atoms with Crippen molar-refractivity contribution in [3.8, 4) is 11.1 Å². The largest absolute Gasteiger partial charge is 0.337 e. The molecule has 1 heterocycles. The van der Waals surface area contributed by atoms with Crippen LogP contribution in [0.3, 0.4) is 0 Å². The van der Waals surface area contributed by atoms with Crippen molar-refractivity contribution < 1.29 is 4.79 Å². The van der Waals surface area contributed by atoms with E-state index >= 15 is 0 Å². The molecule has 2 aromatic rings. The standard InChI is InChI=1S/C14H14BrN3O/c1-10(19)9-18(2)14-16-7-12(8-17-14)11-4-3-5-13(15)6-11/h3-8H,9H2,1-2H3. The number of carbonyl (C=O) groups excluding carboxylic acids is 1.